The second-order valence-corrected chi connectivity index (χ2v) is 5.48. The topological polar surface area (TPSA) is 29.5 Å². The number of hydrogen-bond donors (Lipinski definition) is 1. The van der Waals surface area contributed by atoms with Crippen LogP contribution < -0.4 is 0 Å². The molecule has 1 fully saturated rings. The Labute approximate surface area is 112 Å². The monoisotopic (exact) mass is 272 g/mol. The normalized spacial score (nSPS) is 28.3. The highest BCUT2D eigenvalue weighted by Crippen LogP contribution is 2.34. The molecule has 0 spiro atoms. The van der Waals surface area contributed by atoms with Crippen molar-refractivity contribution in [1.29, 1.82) is 0 Å². The third-order valence-corrected chi connectivity index (χ3v) is 4.08. The molecule has 0 amide bonds. The first kappa shape index (κ1) is 13.8. The molecule has 1 saturated carbocycles. The summed E-state index contributed by atoms with van der Waals surface area (Å²) in [6.07, 6.45) is 3.81. The molecule has 2 rings (SSSR count). The first-order valence-electron chi connectivity index (χ1n) is 6.21. The van der Waals surface area contributed by atoms with Gasteiger partial charge in [0.1, 0.15) is 5.82 Å². The summed E-state index contributed by atoms with van der Waals surface area (Å²) in [6, 6.07) is 4.32. The Bertz CT molecular complexity index is 414. The molecule has 0 aromatic heterocycles. The molecule has 1 aliphatic carbocycles. The van der Waals surface area contributed by atoms with Crippen LogP contribution in [0.3, 0.4) is 0 Å². The molecule has 4 heteroatoms. The van der Waals surface area contributed by atoms with Crippen LogP contribution in [0.15, 0.2) is 18.2 Å². The average Bonchev–Trinajstić information content (AvgIpc) is 2.34. The maximum absolute atomic E-state index is 13.0. The van der Waals surface area contributed by atoms with E-state index in [9.17, 15) is 9.50 Å². The number of aliphatic hydroxyl groups is 1. The summed E-state index contributed by atoms with van der Waals surface area (Å²) in [5.41, 5.74) is 0.0627. The number of hydrogen-bond acceptors (Lipinski definition) is 2. The molecule has 0 unspecified atom stereocenters. The van der Waals surface area contributed by atoms with E-state index >= 15 is 0 Å². The molecule has 1 aromatic carbocycles. The van der Waals surface area contributed by atoms with Gasteiger partial charge in [0, 0.05) is 18.6 Å². The molecule has 0 aliphatic heterocycles. The summed E-state index contributed by atoms with van der Waals surface area (Å²) in [7, 11) is 1.70. The van der Waals surface area contributed by atoms with Crippen molar-refractivity contribution in [2.45, 2.75) is 43.8 Å². The van der Waals surface area contributed by atoms with Gasteiger partial charge in [-0.25, -0.2) is 4.39 Å². The van der Waals surface area contributed by atoms with Crippen molar-refractivity contribution in [3.8, 4) is 0 Å². The molecule has 0 atom stereocenters. The minimum atomic E-state index is -0.740. The van der Waals surface area contributed by atoms with Gasteiger partial charge < -0.3 is 9.84 Å². The van der Waals surface area contributed by atoms with E-state index < -0.39 is 5.60 Å². The molecule has 18 heavy (non-hydrogen) atoms. The standard InChI is InChI=1S/C14H18ClFO2/c1-18-12-4-6-14(17,7-5-12)9-10-2-3-11(16)8-13(10)15/h2-3,8,12,17H,4-7,9H2,1H3. The van der Waals surface area contributed by atoms with E-state index in [2.05, 4.69) is 0 Å². The lowest BCUT2D eigenvalue weighted by molar-refractivity contribution is -0.0427. The Morgan fingerprint density at radius 2 is 2.11 bits per heavy atom. The average molecular weight is 273 g/mol. The molecule has 0 saturated heterocycles. The number of halogens is 2. The highest BCUT2D eigenvalue weighted by Gasteiger charge is 2.33. The van der Waals surface area contributed by atoms with Crippen molar-refractivity contribution < 1.29 is 14.2 Å². The first-order valence-corrected chi connectivity index (χ1v) is 6.59. The maximum Gasteiger partial charge on any atom is 0.124 e. The number of benzene rings is 1. The van der Waals surface area contributed by atoms with E-state index in [4.69, 9.17) is 16.3 Å². The molecule has 100 valence electrons. The Morgan fingerprint density at radius 3 is 2.67 bits per heavy atom. The van der Waals surface area contributed by atoms with E-state index in [1.54, 1.807) is 13.2 Å². The Kier molecular flexibility index (Phi) is 4.25. The van der Waals surface area contributed by atoms with Crippen LogP contribution in [-0.2, 0) is 11.2 Å². The summed E-state index contributed by atoms with van der Waals surface area (Å²) in [6.45, 7) is 0. The van der Waals surface area contributed by atoms with Gasteiger partial charge in [-0.2, -0.15) is 0 Å². The molecule has 0 bridgehead atoms. The van der Waals surface area contributed by atoms with Crippen LogP contribution in [0.2, 0.25) is 5.02 Å². The predicted molar refractivity (Wildman–Crippen MR) is 69.3 cm³/mol. The van der Waals surface area contributed by atoms with Gasteiger partial charge in [0.25, 0.3) is 0 Å². The summed E-state index contributed by atoms with van der Waals surface area (Å²) in [4.78, 5) is 0. The van der Waals surface area contributed by atoms with Gasteiger partial charge in [-0.15, -0.1) is 0 Å². The third kappa shape index (κ3) is 3.22. The molecule has 0 heterocycles. The number of ether oxygens (including phenoxy) is 1. The highest BCUT2D eigenvalue weighted by atomic mass is 35.5. The maximum atomic E-state index is 13.0. The Balaban J connectivity index is 2.04. The van der Waals surface area contributed by atoms with Gasteiger partial charge in [-0.1, -0.05) is 17.7 Å². The number of rotatable bonds is 3. The van der Waals surface area contributed by atoms with Crippen LogP contribution in [0, 0.1) is 5.82 Å². The lowest BCUT2D eigenvalue weighted by Crippen LogP contribution is -2.38. The highest BCUT2D eigenvalue weighted by molar-refractivity contribution is 6.31. The SMILES string of the molecule is COC1CCC(O)(Cc2ccc(F)cc2Cl)CC1. The molecule has 0 radical (unpaired) electrons. The fourth-order valence-corrected chi connectivity index (χ4v) is 2.79. The quantitative estimate of drug-likeness (QED) is 0.914. The second-order valence-electron chi connectivity index (χ2n) is 5.07. The summed E-state index contributed by atoms with van der Waals surface area (Å²) < 4.78 is 18.2. The van der Waals surface area contributed by atoms with Crippen molar-refractivity contribution in [1.82, 2.24) is 0 Å². The van der Waals surface area contributed by atoms with Gasteiger partial charge in [-0.05, 0) is 43.4 Å². The van der Waals surface area contributed by atoms with E-state index in [1.165, 1.54) is 12.1 Å². The van der Waals surface area contributed by atoms with Crippen LogP contribution in [0.4, 0.5) is 4.39 Å². The smallest absolute Gasteiger partial charge is 0.124 e. The van der Waals surface area contributed by atoms with Crippen LogP contribution in [0.1, 0.15) is 31.2 Å². The largest absolute Gasteiger partial charge is 0.390 e. The van der Waals surface area contributed by atoms with Crippen molar-refractivity contribution in [2.24, 2.45) is 0 Å². The van der Waals surface area contributed by atoms with Crippen molar-refractivity contribution in [3.05, 3.63) is 34.6 Å². The van der Waals surface area contributed by atoms with Gasteiger partial charge in [0.2, 0.25) is 0 Å². The summed E-state index contributed by atoms with van der Waals surface area (Å²) in [5.74, 6) is -0.348. The molecule has 1 aliphatic rings. The molecular formula is C14H18ClFO2. The minimum absolute atomic E-state index is 0.244. The lowest BCUT2D eigenvalue weighted by Gasteiger charge is -2.35. The van der Waals surface area contributed by atoms with E-state index in [1.807, 2.05) is 0 Å². The van der Waals surface area contributed by atoms with Crippen LogP contribution in [0.25, 0.3) is 0 Å². The van der Waals surface area contributed by atoms with Gasteiger partial charge in [-0.3, -0.25) is 0 Å². The fourth-order valence-electron chi connectivity index (χ4n) is 2.56. The Hall–Kier alpha value is -0.640. The molecule has 1 aromatic rings. The van der Waals surface area contributed by atoms with E-state index in [0.29, 0.717) is 24.3 Å². The fraction of sp³-hybridized carbons (Fsp3) is 0.571. The van der Waals surface area contributed by atoms with E-state index in [-0.39, 0.29) is 11.9 Å². The number of methoxy groups -OCH3 is 1. The third-order valence-electron chi connectivity index (χ3n) is 3.73. The predicted octanol–water partition coefficient (Wildman–Crippen LogP) is 3.34. The van der Waals surface area contributed by atoms with Crippen molar-refractivity contribution in [2.75, 3.05) is 7.11 Å². The van der Waals surface area contributed by atoms with E-state index in [0.717, 1.165) is 18.4 Å². The van der Waals surface area contributed by atoms with Crippen LogP contribution in [0.5, 0.6) is 0 Å². The van der Waals surface area contributed by atoms with Crippen LogP contribution in [-0.4, -0.2) is 23.9 Å². The zero-order chi connectivity index (χ0) is 13.2. The molecule has 2 nitrogen and oxygen atoms in total. The van der Waals surface area contributed by atoms with Crippen LogP contribution >= 0.6 is 11.6 Å². The molecular weight excluding hydrogens is 255 g/mol. The summed E-state index contributed by atoms with van der Waals surface area (Å²) >= 11 is 5.99. The summed E-state index contributed by atoms with van der Waals surface area (Å²) in [5, 5.41) is 10.9. The van der Waals surface area contributed by atoms with Crippen molar-refractivity contribution in [3.63, 3.8) is 0 Å². The second kappa shape index (κ2) is 5.55. The molecule has 1 N–H and O–H groups in total. The zero-order valence-corrected chi connectivity index (χ0v) is 11.2. The van der Waals surface area contributed by atoms with Gasteiger partial charge in [0.05, 0.1) is 11.7 Å². The van der Waals surface area contributed by atoms with Crippen molar-refractivity contribution >= 4 is 11.6 Å². The lowest BCUT2D eigenvalue weighted by atomic mass is 9.79. The minimum Gasteiger partial charge on any atom is -0.390 e. The van der Waals surface area contributed by atoms with Gasteiger partial charge >= 0.3 is 0 Å². The first-order chi connectivity index (χ1) is 8.52. The Morgan fingerprint density at radius 1 is 1.44 bits per heavy atom. The zero-order valence-electron chi connectivity index (χ0n) is 10.5. The van der Waals surface area contributed by atoms with Gasteiger partial charge in [0.15, 0.2) is 0 Å².